The highest BCUT2D eigenvalue weighted by Crippen LogP contribution is 2.29. The SMILES string of the molecule is CC(C)NC(=O)C1COCCN1c1cc(Cl)ccc1N. The first-order chi connectivity index (χ1) is 9.49. The van der Waals surface area contributed by atoms with E-state index in [0.717, 1.165) is 5.69 Å². The standard InChI is InChI=1S/C14H20ClN3O2/c1-9(2)17-14(19)13-8-20-6-5-18(13)12-7-10(15)3-4-11(12)16/h3-4,7,9,13H,5-6,8,16H2,1-2H3,(H,17,19). The van der Waals surface area contributed by atoms with Gasteiger partial charge in [-0.15, -0.1) is 0 Å². The molecule has 110 valence electrons. The van der Waals surface area contributed by atoms with Gasteiger partial charge in [0.15, 0.2) is 0 Å². The summed E-state index contributed by atoms with van der Waals surface area (Å²) in [5, 5.41) is 3.51. The molecular formula is C14H20ClN3O2. The molecular weight excluding hydrogens is 278 g/mol. The molecule has 1 unspecified atom stereocenters. The summed E-state index contributed by atoms with van der Waals surface area (Å²) < 4.78 is 5.43. The molecule has 20 heavy (non-hydrogen) atoms. The molecule has 0 aromatic heterocycles. The van der Waals surface area contributed by atoms with E-state index in [4.69, 9.17) is 22.1 Å². The zero-order valence-electron chi connectivity index (χ0n) is 11.7. The normalized spacial score (nSPS) is 19.2. The van der Waals surface area contributed by atoms with Crippen molar-refractivity contribution in [1.82, 2.24) is 5.32 Å². The molecule has 2 rings (SSSR count). The van der Waals surface area contributed by atoms with E-state index in [0.29, 0.717) is 30.5 Å². The van der Waals surface area contributed by atoms with Gasteiger partial charge in [0.1, 0.15) is 6.04 Å². The quantitative estimate of drug-likeness (QED) is 0.833. The lowest BCUT2D eigenvalue weighted by atomic mass is 10.1. The number of benzene rings is 1. The van der Waals surface area contributed by atoms with Crippen molar-refractivity contribution in [3.8, 4) is 0 Å². The maximum Gasteiger partial charge on any atom is 0.245 e. The van der Waals surface area contributed by atoms with Gasteiger partial charge in [-0.05, 0) is 32.0 Å². The third kappa shape index (κ3) is 3.35. The Bertz CT molecular complexity index is 493. The minimum absolute atomic E-state index is 0.0564. The second-order valence-corrected chi connectivity index (χ2v) is 5.59. The molecule has 0 spiro atoms. The molecule has 1 atom stereocenters. The maximum atomic E-state index is 12.3. The topological polar surface area (TPSA) is 67.6 Å². The summed E-state index contributed by atoms with van der Waals surface area (Å²) in [5.41, 5.74) is 7.40. The highest BCUT2D eigenvalue weighted by molar-refractivity contribution is 6.31. The molecule has 5 nitrogen and oxygen atoms in total. The lowest BCUT2D eigenvalue weighted by molar-refractivity contribution is -0.125. The van der Waals surface area contributed by atoms with Gasteiger partial charge in [-0.2, -0.15) is 0 Å². The van der Waals surface area contributed by atoms with E-state index in [9.17, 15) is 4.79 Å². The molecule has 0 saturated carbocycles. The average Bonchev–Trinajstić information content (AvgIpc) is 2.41. The van der Waals surface area contributed by atoms with Gasteiger partial charge in [0.2, 0.25) is 5.91 Å². The zero-order chi connectivity index (χ0) is 14.7. The first-order valence-electron chi connectivity index (χ1n) is 6.69. The summed E-state index contributed by atoms with van der Waals surface area (Å²) in [7, 11) is 0. The summed E-state index contributed by atoms with van der Waals surface area (Å²) in [5.74, 6) is -0.0564. The van der Waals surface area contributed by atoms with Crippen molar-refractivity contribution in [2.45, 2.75) is 25.9 Å². The smallest absolute Gasteiger partial charge is 0.245 e. The lowest BCUT2D eigenvalue weighted by Crippen LogP contribution is -2.55. The molecule has 1 amide bonds. The Kier molecular flexibility index (Phi) is 4.73. The summed E-state index contributed by atoms with van der Waals surface area (Å²) in [6, 6.07) is 4.99. The van der Waals surface area contributed by atoms with Crippen LogP contribution in [0, 0.1) is 0 Å². The van der Waals surface area contributed by atoms with E-state index < -0.39 is 0 Å². The number of carbonyl (C=O) groups excluding carboxylic acids is 1. The predicted molar refractivity (Wildman–Crippen MR) is 81.1 cm³/mol. The van der Waals surface area contributed by atoms with Gasteiger partial charge in [-0.25, -0.2) is 0 Å². The largest absolute Gasteiger partial charge is 0.397 e. The van der Waals surface area contributed by atoms with Crippen LogP contribution in [0.1, 0.15) is 13.8 Å². The molecule has 0 aliphatic carbocycles. The zero-order valence-corrected chi connectivity index (χ0v) is 12.5. The van der Waals surface area contributed by atoms with E-state index in [2.05, 4.69) is 5.32 Å². The Hall–Kier alpha value is -1.46. The molecule has 6 heteroatoms. The second-order valence-electron chi connectivity index (χ2n) is 5.15. The minimum Gasteiger partial charge on any atom is -0.397 e. The van der Waals surface area contributed by atoms with Crippen molar-refractivity contribution >= 4 is 28.9 Å². The monoisotopic (exact) mass is 297 g/mol. The summed E-state index contributed by atoms with van der Waals surface area (Å²) in [6.07, 6.45) is 0. The fraction of sp³-hybridized carbons (Fsp3) is 0.500. The Morgan fingerprint density at radius 2 is 2.30 bits per heavy atom. The van der Waals surface area contributed by atoms with E-state index in [1.54, 1.807) is 18.2 Å². The Morgan fingerprint density at radius 3 is 3.00 bits per heavy atom. The third-order valence-electron chi connectivity index (χ3n) is 3.16. The van der Waals surface area contributed by atoms with Crippen LogP contribution in [0.25, 0.3) is 0 Å². The number of hydrogen-bond acceptors (Lipinski definition) is 4. The maximum absolute atomic E-state index is 12.3. The molecule has 1 saturated heterocycles. The number of morpholine rings is 1. The van der Waals surface area contributed by atoms with Crippen molar-refractivity contribution in [1.29, 1.82) is 0 Å². The van der Waals surface area contributed by atoms with Gasteiger partial charge >= 0.3 is 0 Å². The van der Waals surface area contributed by atoms with Crippen LogP contribution in [0.2, 0.25) is 5.02 Å². The van der Waals surface area contributed by atoms with Gasteiger partial charge in [-0.1, -0.05) is 11.6 Å². The van der Waals surface area contributed by atoms with E-state index in [1.165, 1.54) is 0 Å². The number of rotatable bonds is 3. The lowest BCUT2D eigenvalue weighted by Gasteiger charge is -2.37. The van der Waals surface area contributed by atoms with Crippen LogP contribution in [-0.2, 0) is 9.53 Å². The number of nitrogens with two attached hydrogens (primary N) is 1. The number of halogens is 1. The molecule has 0 radical (unpaired) electrons. The third-order valence-corrected chi connectivity index (χ3v) is 3.40. The Labute approximate surface area is 124 Å². The number of carbonyl (C=O) groups is 1. The molecule has 1 aliphatic heterocycles. The van der Waals surface area contributed by atoms with Crippen molar-refractivity contribution in [2.75, 3.05) is 30.4 Å². The highest BCUT2D eigenvalue weighted by atomic mass is 35.5. The minimum atomic E-state index is -0.382. The number of nitrogen functional groups attached to an aromatic ring is 1. The van der Waals surface area contributed by atoms with Gasteiger partial charge < -0.3 is 20.7 Å². The number of ether oxygens (including phenoxy) is 1. The highest BCUT2D eigenvalue weighted by Gasteiger charge is 2.31. The number of nitrogens with one attached hydrogen (secondary N) is 1. The summed E-state index contributed by atoms with van der Waals surface area (Å²) >= 11 is 6.03. The van der Waals surface area contributed by atoms with Crippen molar-refractivity contribution < 1.29 is 9.53 Å². The molecule has 1 aliphatic rings. The van der Waals surface area contributed by atoms with Crippen LogP contribution in [0.4, 0.5) is 11.4 Å². The van der Waals surface area contributed by atoms with Crippen molar-refractivity contribution in [3.05, 3.63) is 23.2 Å². The second kappa shape index (κ2) is 6.33. The first kappa shape index (κ1) is 14.9. The fourth-order valence-corrected chi connectivity index (χ4v) is 2.42. The Morgan fingerprint density at radius 1 is 1.55 bits per heavy atom. The molecule has 3 N–H and O–H groups in total. The predicted octanol–water partition coefficient (Wildman–Crippen LogP) is 1.65. The summed E-state index contributed by atoms with van der Waals surface area (Å²) in [4.78, 5) is 14.2. The van der Waals surface area contributed by atoms with Crippen molar-refractivity contribution in [3.63, 3.8) is 0 Å². The van der Waals surface area contributed by atoms with Crippen LogP contribution in [0.5, 0.6) is 0 Å². The first-order valence-corrected chi connectivity index (χ1v) is 7.06. The van der Waals surface area contributed by atoms with E-state index >= 15 is 0 Å². The number of nitrogens with zero attached hydrogens (tertiary/aromatic N) is 1. The van der Waals surface area contributed by atoms with Crippen LogP contribution >= 0.6 is 11.6 Å². The molecule has 1 fully saturated rings. The van der Waals surface area contributed by atoms with Crippen LogP contribution in [0.3, 0.4) is 0 Å². The average molecular weight is 298 g/mol. The molecule has 0 bridgehead atoms. The van der Waals surface area contributed by atoms with Crippen molar-refractivity contribution in [2.24, 2.45) is 0 Å². The number of anilines is 2. The molecule has 1 aromatic rings. The van der Waals surface area contributed by atoms with Crippen LogP contribution in [-0.4, -0.2) is 37.7 Å². The molecule has 1 heterocycles. The van der Waals surface area contributed by atoms with Crippen LogP contribution < -0.4 is 16.0 Å². The van der Waals surface area contributed by atoms with Gasteiger partial charge in [0.05, 0.1) is 24.6 Å². The van der Waals surface area contributed by atoms with Gasteiger partial charge in [-0.3, -0.25) is 4.79 Å². The van der Waals surface area contributed by atoms with E-state index in [1.807, 2.05) is 18.7 Å². The Balaban J connectivity index is 2.26. The van der Waals surface area contributed by atoms with E-state index in [-0.39, 0.29) is 18.0 Å². The fourth-order valence-electron chi connectivity index (χ4n) is 2.26. The number of amides is 1. The van der Waals surface area contributed by atoms with Gasteiger partial charge in [0.25, 0.3) is 0 Å². The number of hydrogen-bond donors (Lipinski definition) is 2. The summed E-state index contributed by atoms with van der Waals surface area (Å²) in [6.45, 7) is 5.39. The van der Waals surface area contributed by atoms with Gasteiger partial charge in [0, 0.05) is 17.6 Å². The van der Waals surface area contributed by atoms with Crippen LogP contribution in [0.15, 0.2) is 18.2 Å². The molecule has 1 aromatic carbocycles.